The van der Waals surface area contributed by atoms with Crippen molar-refractivity contribution in [1.82, 2.24) is 0 Å². The lowest BCUT2D eigenvalue weighted by atomic mass is 10.1. The summed E-state index contributed by atoms with van der Waals surface area (Å²) in [5.74, 6) is -0.0615. The second-order valence-electron chi connectivity index (χ2n) is 4.52. The molecule has 0 aliphatic heterocycles. The van der Waals surface area contributed by atoms with Crippen LogP contribution in [0.3, 0.4) is 0 Å². The minimum Gasteiger partial charge on any atom is -0.490 e. The number of ether oxygens (including phenoxy) is 1. The lowest BCUT2D eigenvalue weighted by molar-refractivity contribution is 0.227. The molecule has 0 bridgehead atoms. The summed E-state index contributed by atoms with van der Waals surface area (Å²) in [5, 5.41) is 9.30. The largest absolute Gasteiger partial charge is 0.490 e. The normalized spacial score (nSPS) is 16.3. The van der Waals surface area contributed by atoms with Crippen molar-refractivity contribution in [2.24, 2.45) is 5.41 Å². The van der Waals surface area contributed by atoms with Gasteiger partial charge in [0.05, 0.1) is 12.7 Å². The predicted octanol–water partition coefficient (Wildman–Crippen LogP) is 3.79. The topological polar surface area (TPSA) is 33.0 Å². The first-order valence-electron chi connectivity index (χ1n) is 5.53. The van der Waals surface area contributed by atoms with Gasteiger partial charge in [0, 0.05) is 17.2 Å². The van der Waals surface area contributed by atoms with Crippen LogP contribution in [0.25, 0.3) is 0 Å². The fraction of sp³-hybridized carbons (Fsp3) is 0.462. The first-order valence-corrected chi connectivity index (χ1v) is 6.65. The number of hydrogen-bond acceptors (Lipinski definition) is 2. The number of nitriles is 1. The average molecular weight is 298 g/mol. The van der Waals surface area contributed by atoms with Crippen LogP contribution in [0.5, 0.6) is 5.75 Å². The van der Waals surface area contributed by atoms with Crippen molar-refractivity contribution >= 4 is 15.9 Å². The molecule has 1 fully saturated rings. The van der Waals surface area contributed by atoms with Crippen LogP contribution in [-0.2, 0) is 5.33 Å². The molecule has 17 heavy (non-hydrogen) atoms. The molecule has 4 heteroatoms. The van der Waals surface area contributed by atoms with Crippen LogP contribution in [-0.4, -0.2) is 6.61 Å². The van der Waals surface area contributed by atoms with Gasteiger partial charge in [0.1, 0.15) is 0 Å². The maximum absolute atomic E-state index is 13.6. The molecule has 1 aromatic carbocycles. The number of alkyl halides is 1. The summed E-state index contributed by atoms with van der Waals surface area (Å²) >= 11 is 3.27. The number of halogens is 2. The number of benzene rings is 1. The molecule has 2 nitrogen and oxygen atoms in total. The van der Waals surface area contributed by atoms with Gasteiger partial charge in [0.15, 0.2) is 11.6 Å². The highest BCUT2D eigenvalue weighted by Crippen LogP contribution is 2.48. The summed E-state index contributed by atoms with van der Waals surface area (Å²) in [7, 11) is 0. The molecule has 2 rings (SSSR count). The molecule has 0 radical (unpaired) electrons. The van der Waals surface area contributed by atoms with E-state index in [1.165, 1.54) is 6.07 Å². The Bertz CT molecular complexity index is 451. The van der Waals surface area contributed by atoms with E-state index in [2.05, 4.69) is 22.0 Å². The van der Waals surface area contributed by atoms with Gasteiger partial charge in [-0.1, -0.05) is 22.0 Å². The van der Waals surface area contributed by atoms with Crippen molar-refractivity contribution in [2.75, 3.05) is 6.61 Å². The average Bonchev–Trinajstić information content (AvgIpc) is 3.08. The van der Waals surface area contributed by atoms with Crippen LogP contribution in [0, 0.1) is 22.6 Å². The number of rotatable bonds is 5. The Balaban J connectivity index is 1.98. The molecular formula is C13H13BrFNO. The molecule has 1 aliphatic rings. The zero-order valence-corrected chi connectivity index (χ0v) is 11.0. The fourth-order valence-electron chi connectivity index (χ4n) is 1.69. The third-order valence-corrected chi connectivity index (χ3v) is 3.74. The lowest BCUT2D eigenvalue weighted by Gasteiger charge is -2.13. The fourth-order valence-corrected chi connectivity index (χ4v) is 2.04. The van der Waals surface area contributed by atoms with Gasteiger partial charge in [0.2, 0.25) is 0 Å². The Labute approximate surface area is 109 Å². The molecule has 0 unspecified atom stereocenters. The SMILES string of the molecule is N#CCC1(COc2ccc(CBr)cc2F)CC1. The molecule has 0 amide bonds. The molecule has 1 aliphatic carbocycles. The highest BCUT2D eigenvalue weighted by Gasteiger charge is 2.43. The maximum atomic E-state index is 13.6. The Morgan fingerprint density at radius 3 is 2.76 bits per heavy atom. The Morgan fingerprint density at radius 2 is 2.24 bits per heavy atom. The van der Waals surface area contributed by atoms with E-state index >= 15 is 0 Å². The minimum absolute atomic E-state index is 0.0186. The summed E-state index contributed by atoms with van der Waals surface area (Å²) in [6.45, 7) is 0.436. The van der Waals surface area contributed by atoms with Crippen molar-refractivity contribution in [3.63, 3.8) is 0 Å². The van der Waals surface area contributed by atoms with E-state index in [4.69, 9.17) is 10.00 Å². The summed E-state index contributed by atoms with van der Waals surface area (Å²) in [6, 6.07) is 7.10. The van der Waals surface area contributed by atoms with E-state index in [0.29, 0.717) is 18.4 Å². The molecule has 1 saturated carbocycles. The van der Waals surface area contributed by atoms with Crippen LogP contribution in [0.1, 0.15) is 24.8 Å². The van der Waals surface area contributed by atoms with Crippen molar-refractivity contribution in [1.29, 1.82) is 5.26 Å². The van der Waals surface area contributed by atoms with E-state index in [1.54, 1.807) is 6.07 Å². The minimum atomic E-state index is -0.338. The zero-order chi connectivity index (χ0) is 12.3. The highest BCUT2D eigenvalue weighted by atomic mass is 79.9. The molecule has 1 aromatic rings. The van der Waals surface area contributed by atoms with Gasteiger partial charge in [-0.05, 0) is 30.5 Å². The van der Waals surface area contributed by atoms with Gasteiger partial charge < -0.3 is 4.74 Å². The van der Waals surface area contributed by atoms with Crippen LogP contribution in [0.2, 0.25) is 0 Å². The Kier molecular flexibility index (Phi) is 3.68. The molecule has 0 saturated heterocycles. The highest BCUT2D eigenvalue weighted by molar-refractivity contribution is 9.08. The third-order valence-electron chi connectivity index (χ3n) is 3.10. The second kappa shape index (κ2) is 5.05. The molecular weight excluding hydrogens is 285 g/mol. The first-order chi connectivity index (χ1) is 8.19. The van der Waals surface area contributed by atoms with Gasteiger partial charge in [-0.3, -0.25) is 0 Å². The predicted molar refractivity (Wildman–Crippen MR) is 66.4 cm³/mol. The molecule has 0 heterocycles. The van der Waals surface area contributed by atoms with Crippen molar-refractivity contribution < 1.29 is 9.13 Å². The number of hydrogen-bond donors (Lipinski definition) is 0. The maximum Gasteiger partial charge on any atom is 0.165 e. The van der Waals surface area contributed by atoms with Crippen molar-refractivity contribution in [2.45, 2.75) is 24.6 Å². The lowest BCUT2D eigenvalue weighted by Crippen LogP contribution is -2.13. The van der Waals surface area contributed by atoms with Gasteiger partial charge in [-0.25, -0.2) is 4.39 Å². The standard InChI is InChI=1S/C13H13BrFNO/c14-8-10-1-2-12(11(15)7-10)17-9-13(3-4-13)5-6-16/h1-2,7H,3-5,8-9H2. The Morgan fingerprint density at radius 1 is 1.47 bits per heavy atom. The molecule has 0 aromatic heterocycles. The van der Waals surface area contributed by atoms with E-state index in [1.807, 2.05) is 6.07 Å². The van der Waals surface area contributed by atoms with Gasteiger partial charge in [0.25, 0.3) is 0 Å². The van der Waals surface area contributed by atoms with Gasteiger partial charge in [-0.15, -0.1) is 0 Å². The van der Waals surface area contributed by atoms with E-state index < -0.39 is 0 Å². The van der Waals surface area contributed by atoms with Gasteiger partial charge in [-0.2, -0.15) is 5.26 Å². The summed E-state index contributed by atoms with van der Waals surface area (Å²) in [5.41, 5.74) is 0.864. The quantitative estimate of drug-likeness (QED) is 0.775. The van der Waals surface area contributed by atoms with E-state index in [0.717, 1.165) is 18.4 Å². The number of nitrogens with zero attached hydrogens (tertiary/aromatic N) is 1. The molecule has 90 valence electrons. The third kappa shape index (κ3) is 2.98. The molecule has 0 N–H and O–H groups in total. The Hall–Kier alpha value is -1.08. The smallest absolute Gasteiger partial charge is 0.165 e. The summed E-state index contributed by atoms with van der Waals surface area (Å²) in [6.07, 6.45) is 2.50. The van der Waals surface area contributed by atoms with E-state index in [-0.39, 0.29) is 17.0 Å². The van der Waals surface area contributed by atoms with Crippen LogP contribution >= 0.6 is 15.9 Å². The monoisotopic (exact) mass is 297 g/mol. The summed E-state index contributed by atoms with van der Waals surface area (Å²) in [4.78, 5) is 0. The first kappa shape index (κ1) is 12.4. The van der Waals surface area contributed by atoms with Crippen molar-refractivity contribution in [3.05, 3.63) is 29.6 Å². The zero-order valence-electron chi connectivity index (χ0n) is 9.38. The van der Waals surface area contributed by atoms with Crippen molar-refractivity contribution in [3.8, 4) is 11.8 Å². The summed E-state index contributed by atoms with van der Waals surface area (Å²) < 4.78 is 19.1. The van der Waals surface area contributed by atoms with Crippen LogP contribution < -0.4 is 4.74 Å². The molecule has 0 spiro atoms. The van der Waals surface area contributed by atoms with Crippen LogP contribution in [0.15, 0.2) is 18.2 Å². The van der Waals surface area contributed by atoms with Gasteiger partial charge >= 0.3 is 0 Å². The second-order valence-corrected chi connectivity index (χ2v) is 5.08. The van der Waals surface area contributed by atoms with E-state index in [9.17, 15) is 4.39 Å². The molecule has 0 atom stereocenters. The van der Waals surface area contributed by atoms with Crippen LogP contribution in [0.4, 0.5) is 4.39 Å².